The first-order valence-corrected chi connectivity index (χ1v) is 8.87. The normalized spacial score (nSPS) is 19.7. The third kappa shape index (κ3) is 4.28. The largest absolute Gasteiger partial charge is 0.480 e. The van der Waals surface area contributed by atoms with Crippen LogP contribution in [0.25, 0.3) is 11.0 Å². The van der Waals surface area contributed by atoms with Crippen molar-refractivity contribution in [1.82, 2.24) is 5.32 Å². The monoisotopic (exact) mass is 373 g/mol. The number of carbonyl (C=O) groups is 2. The molecule has 0 bridgehead atoms. The Hall–Kier alpha value is -2.87. The van der Waals surface area contributed by atoms with Crippen molar-refractivity contribution in [2.45, 2.75) is 44.8 Å². The Morgan fingerprint density at radius 2 is 2.04 bits per heavy atom. The number of hydrogen-bond acceptors (Lipinski definition) is 5. The fourth-order valence-corrected chi connectivity index (χ4v) is 3.42. The minimum absolute atomic E-state index is 0.00238. The quantitative estimate of drug-likeness (QED) is 0.452. The number of carboxylic acids is 1. The third-order valence-corrected chi connectivity index (χ3v) is 4.91. The molecule has 1 heterocycles. The van der Waals surface area contributed by atoms with Gasteiger partial charge in [0.25, 0.3) is 5.91 Å². The summed E-state index contributed by atoms with van der Waals surface area (Å²) < 4.78 is 11.0. The highest BCUT2D eigenvalue weighted by molar-refractivity contribution is 6.02. The number of carbonyl (C=O) groups excluding carboxylic acids is 1. The number of aliphatic carboxylic acids is 1. The predicted molar refractivity (Wildman–Crippen MR) is 99.1 cm³/mol. The smallest absolute Gasteiger partial charge is 0.329 e. The van der Waals surface area contributed by atoms with E-state index in [0.29, 0.717) is 29.6 Å². The van der Waals surface area contributed by atoms with Gasteiger partial charge in [-0.3, -0.25) is 10.2 Å². The van der Waals surface area contributed by atoms with Crippen LogP contribution >= 0.6 is 0 Å². The van der Waals surface area contributed by atoms with Crippen LogP contribution in [-0.4, -0.2) is 41.6 Å². The summed E-state index contributed by atoms with van der Waals surface area (Å²) in [5.41, 5.74) is 7.40. The molecule has 2 aromatic rings. The maximum Gasteiger partial charge on any atom is 0.329 e. The molecule has 1 aromatic carbocycles. The van der Waals surface area contributed by atoms with Crippen LogP contribution < -0.4 is 11.1 Å². The first-order chi connectivity index (χ1) is 12.8. The second kappa shape index (κ2) is 7.79. The predicted octanol–water partition coefficient (Wildman–Crippen LogP) is 2.17. The van der Waals surface area contributed by atoms with E-state index < -0.39 is 5.97 Å². The van der Waals surface area contributed by atoms with Gasteiger partial charge in [-0.25, -0.2) is 4.79 Å². The molecule has 8 nitrogen and oxygen atoms in total. The van der Waals surface area contributed by atoms with Gasteiger partial charge in [-0.05, 0) is 50.8 Å². The zero-order valence-corrected chi connectivity index (χ0v) is 15.1. The van der Waals surface area contributed by atoms with Crippen LogP contribution in [0.3, 0.4) is 0 Å². The number of nitrogen functional groups attached to an aromatic ring is 1. The first kappa shape index (κ1) is 18.9. The Bertz CT molecular complexity index is 881. The van der Waals surface area contributed by atoms with Gasteiger partial charge >= 0.3 is 5.97 Å². The van der Waals surface area contributed by atoms with Gasteiger partial charge in [0.05, 0.1) is 6.10 Å². The highest BCUT2D eigenvalue weighted by Crippen LogP contribution is 2.27. The molecule has 144 valence electrons. The second-order valence-corrected chi connectivity index (χ2v) is 6.83. The molecule has 1 amide bonds. The number of rotatable bonds is 6. The van der Waals surface area contributed by atoms with Crippen molar-refractivity contribution >= 4 is 28.7 Å². The van der Waals surface area contributed by atoms with Crippen molar-refractivity contribution in [2.24, 2.45) is 5.73 Å². The van der Waals surface area contributed by atoms with Crippen LogP contribution in [0, 0.1) is 12.3 Å². The van der Waals surface area contributed by atoms with Crippen LogP contribution in [-0.2, 0) is 9.53 Å². The Labute approximate surface area is 156 Å². The van der Waals surface area contributed by atoms with Crippen molar-refractivity contribution in [3.63, 3.8) is 0 Å². The van der Waals surface area contributed by atoms with Gasteiger partial charge in [0.15, 0.2) is 5.76 Å². The number of furan rings is 1. The second-order valence-electron chi connectivity index (χ2n) is 6.83. The maximum atomic E-state index is 12.6. The maximum absolute atomic E-state index is 12.6. The molecule has 0 spiro atoms. The van der Waals surface area contributed by atoms with Crippen molar-refractivity contribution in [3.05, 3.63) is 35.1 Å². The van der Waals surface area contributed by atoms with Crippen molar-refractivity contribution in [1.29, 1.82) is 5.41 Å². The fraction of sp³-hybridized carbons (Fsp3) is 0.421. The lowest BCUT2D eigenvalue weighted by Gasteiger charge is -2.28. The zero-order chi connectivity index (χ0) is 19.6. The van der Waals surface area contributed by atoms with Gasteiger partial charge in [-0.2, -0.15) is 0 Å². The number of amides is 1. The lowest BCUT2D eigenvalue weighted by Crippen LogP contribution is -2.39. The summed E-state index contributed by atoms with van der Waals surface area (Å²) in [7, 11) is 0. The minimum atomic E-state index is -0.973. The Morgan fingerprint density at radius 3 is 2.67 bits per heavy atom. The average Bonchev–Trinajstić information content (AvgIpc) is 2.97. The molecule has 0 atom stereocenters. The van der Waals surface area contributed by atoms with Gasteiger partial charge in [0.2, 0.25) is 0 Å². The molecule has 0 unspecified atom stereocenters. The van der Waals surface area contributed by atoms with Crippen molar-refractivity contribution < 1.29 is 23.8 Å². The number of nitrogens with two attached hydrogens (primary N) is 1. The first-order valence-electron chi connectivity index (χ1n) is 8.87. The van der Waals surface area contributed by atoms with E-state index in [0.717, 1.165) is 18.2 Å². The Kier molecular flexibility index (Phi) is 5.46. The van der Waals surface area contributed by atoms with Crippen LogP contribution in [0.15, 0.2) is 22.6 Å². The number of ether oxygens (including phenoxy) is 1. The van der Waals surface area contributed by atoms with Gasteiger partial charge in [-0.1, -0.05) is 0 Å². The highest BCUT2D eigenvalue weighted by Gasteiger charge is 2.26. The summed E-state index contributed by atoms with van der Waals surface area (Å²) in [5.74, 6) is -1.03. The number of carboxylic acid groups (broad SMARTS) is 1. The van der Waals surface area contributed by atoms with Gasteiger partial charge in [-0.15, -0.1) is 0 Å². The summed E-state index contributed by atoms with van der Waals surface area (Å²) in [6.07, 6.45) is 2.79. The van der Waals surface area contributed by atoms with Crippen molar-refractivity contribution in [3.8, 4) is 0 Å². The molecule has 0 aliphatic heterocycles. The molecule has 1 aliphatic rings. The fourth-order valence-electron chi connectivity index (χ4n) is 3.42. The van der Waals surface area contributed by atoms with Crippen LogP contribution in [0.1, 0.15) is 47.4 Å². The molecule has 1 saturated carbocycles. The summed E-state index contributed by atoms with van der Waals surface area (Å²) in [6, 6.07) is 5.15. The number of hydrogen-bond donors (Lipinski definition) is 4. The zero-order valence-electron chi connectivity index (χ0n) is 15.1. The molecule has 8 heteroatoms. The molecule has 0 saturated heterocycles. The lowest BCUT2D eigenvalue weighted by molar-refractivity contribution is -0.145. The molecular weight excluding hydrogens is 350 g/mol. The summed E-state index contributed by atoms with van der Waals surface area (Å²) in [5, 5.41) is 20.0. The van der Waals surface area contributed by atoms with E-state index in [9.17, 15) is 9.59 Å². The molecular formula is C19H23N3O5. The Balaban J connectivity index is 1.64. The minimum Gasteiger partial charge on any atom is -0.480 e. The van der Waals surface area contributed by atoms with E-state index in [1.807, 2.05) is 0 Å². The standard InChI is InChI=1S/C19H23N3O5/c1-10-14-8-11(18(20)21)2-7-15(14)27-17(10)19(25)22-12-3-5-13(6-4-12)26-9-16(23)24/h2,7-8,12-13H,3-6,9H2,1H3,(H3,20,21)(H,22,25)(H,23,24)/t12-,13-. The number of amidine groups is 1. The Morgan fingerprint density at radius 1 is 1.33 bits per heavy atom. The van der Waals surface area contributed by atoms with E-state index in [1.165, 1.54) is 0 Å². The summed E-state index contributed by atoms with van der Waals surface area (Å²) in [6.45, 7) is 1.52. The van der Waals surface area contributed by atoms with Crippen LogP contribution in [0.5, 0.6) is 0 Å². The average molecular weight is 373 g/mol. The molecule has 1 aromatic heterocycles. The van der Waals surface area contributed by atoms with E-state index in [-0.39, 0.29) is 36.3 Å². The molecule has 1 aliphatic carbocycles. The van der Waals surface area contributed by atoms with Crippen LogP contribution in [0.2, 0.25) is 0 Å². The van der Waals surface area contributed by atoms with Crippen molar-refractivity contribution in [2.75, 3.05) is 6.61 Å². The number of fused-ring (bicyclic) bond motifs is 1. The van der Waals surface area contributed by atoms with Gasteiger partial charge in [0.1, 0.15) is 18.0 Å². The summed E-state index contributed by atoms with van der Waals surface area (Å²) >= 11 is 0. The van der Waals surface area contributed by atoms with E-state index in [2.05, 4.69) is 5.32 Å². The molecule has 0 radical (unpaired) electrons. The van der Waals surface area contributed by atoms with Crippen LogP contribution in [0.4, 0.5) is 0 Å². The van der Waals surface area contributed by atoms with E-state index >= 15 is 0 Å². The van der Waals surface area contributed by atoms with Gasteiger partial charge < -0.3 is 25.3 Å². The lowest BCUT2D eigenvalue weighted by atomic mass is 9.93. The SMILES string of the molecule is Cc1c(C(=O)N[C@H]2CC[C@H](OCC(=O)O)CC2)oc2ccc(C(=N)N)cc12. The van der Waals surface area contributed by atoms with E-state index in [4.69, 9.17) is 25.4 Å². The number of benzene rings is 1. The summed E-state index contributed by atoms with van der Waals surface area (Å²) in [4.78, 5) is 23.2. The number of aryl methyl sites for hydroxylation is 1. The topological polar surface area (TPSA) is 139 Å². The highest BCUT2D eigenvalue weighted by atomic mass is 16.5. The van der Waals surface area contributed by atoms with Gasteiger partial charge in [0, 0.05) is 22.6 Å². The molecule has 3 rings (SSSR count). The third-order valence-electron chi connectivity index (χ3n) is 4.91. The molecule has 1 fully saturated rings. The molecule has 5 N–H and O–H groups in total. The molecule has 27 heavy (non-hydrogen) atoms. The number of nitrogens with one attached hydrogen (secondary N) is 2. The van der Waals surface area contributed by atoms with E-state index in [1.54, 1.807) is 25.1 Å².